The van der Waals surface area contributed by atoms with Gasteiger partial charge in [-0.2, -0.15) is 0 Å². The van der Waals surface area contributed by atoms with Gasteiger partial charge in [-0.15, -0.1) is 0 Å². The van der Waals surface area contributed by atoms with E-state index in [0.717, 1.165) is 67.3 Å². The molecule has 0 fully saturated rings. The Kier molecular flexibility index (Phi) is 7.68. The number of hydrogen-bond donors (Lipinski definition) is 0. The van der Waals surface area contributed by atoms with E-state index >= 15 is 0 Å². The van der Waals surface area contributed by atoms with Crippen molar-refractivity contribution in [1.29, 1.82) is 0 Å². The number of rotatable bonds is 6. The van der Waals surface area contributed by atoms with Gasteiger partial charge in [0.25, 0.3) is 0 Å². The molecule has 6 heteroatoms. The number of pyridine rings is 1. The molecule has 0 unspecified atom stereocenters. The fourth-order valence-corrected chi connectivity index (χ4v) is 5.67. The minimum Gasteiger partial charge on any atom is -0.264 e. The highest BCUT2D eigenvalue weighted by molar-refractivity contribution is 6.31. The molecule has 3 aromatic heterocycles. The largest absolute Gasteiger partial charge is 0.264 e. The van der Waals surface area contributed by atoms with E-state index < -0.39 is 0 Å². The van der Waals surface area contributed by atoms with Gasteiger partial charge in [-0.05, 0) is 79.1 Å². The molecule has 3 heterocycles. The maximum absolute atomic E-state index is 6.54. The summed E-state index contributed by atoms with van der Waals surface area (Å²) in [6.07, 6.45) is 3.64. The van der Waals surface area contributed by atoms with Crippen molar-refractivity contribution in [1.82, 2.24) is 24.9 Å². The Bertz CT molecular complexity index is 2130. The van der Waals surface area contributed by atoms with Gasteiger partial charge in [0, 0.05) is 56.6 Å². The van der Waals surface area contributed by atoms with E-state index in [-0.39, 0.29) is 0 Å². The van der Waals surface area contributed by atoms with E-state index in [2.05, 4.69) is 59.6 Å². The first-order chi connectivity index (χ1) is 22.0. The Hall–Kier alpha value is -5.52. The lowest BCUT2D eigenvalue weighted by Crippen LogP contribution is -1.97. The Morgan fingerprint density at radius 1 is 0.444 bits per heavy atom. The normalized spacial score (nSPS) is 11.0. The van der Waals surface area contributed by atoms with Crippen molar-refractivity contribution in [3.05, 3.63) is 150 Å². The fraction of sp³-hybridized carbons (Fsp3) is 0.0513. The summed E-state index contributed by atoms with van der Waals surface area (Å²) in [5.74, 6) is 1.32. The van der Waals surface area contributed by atoms with Crippen LogP contribution in [0.25, 0.3) is 67.5 Å². The Balaban J connectivity index is 1.37. The first-order valence-corrected chi connectivity index (χ1v) is 15.1. The Morgan fingerprint density at radius 2 is 1.09 bits per heavy atom. The smallest absolute Gasteiger partial charge is 0.160 e. The number of nitrogens with zero attached hydrogens (tertiary/aromatic N) is 5. The predicted octanol–water partition coefficient (Wildman–Crippen LogP) is 9.93. The monoisotopic (exact) mass is 601 g/mol. The van der Waals surface area contributed by atoms with Gasteiger partial charge in [0.1, 0.15) is 0 Å². The molecule has 0 aliphatic rings. The molecule has 45 heavy (non-hydrogen) atoms. The molecule has 0 bridgehead atoms. The van der Waals surface area contributed by atoms with E-state index in [9.17, 15) is 0 Å². The van der Waals surface area contributed by atoms with E-state index in [4.69, 9.17) is 31.5 Å². The molecule has 0 N–H and O–H groups in total. The molecule has 0 radical (unpaired) electrons. The van der Waals surface area contributed by atoms with E-state index in [1.54, 1.807) is 6.20 Å². The molecule has 0 saturated heterocycles. The zero-order chi connectivity index (χ0) is 30.8. The van der Waals surface area contributed by atoms with Gasteiger partial charge < -0.3 is 0 Å². The van der Waals surface area contributed by atoms with Gasteiger partial charge in [0.15, 0.2) is 11.6 Å². The zero-order valence-corrected chi connectivity index (χ0v) is 25.6. The molecular weight excluding hydrogens is 574 g/mol. The first-order valence-electron chi connectivity index (χ1n) is 14.7. The summed E-state index contributed by atoms with van der Waals surface area (Å²) in [6.45, 7) is 3.97. The summed E-state index contributed by atoms with van der Waals surface area (Å²) in [4.78, 5) is 23.9. The summed E-state index contributed by atoms with van der Waals surface area (Å²) in [5.41, 5.74) is 11.4. The number of aryl methyl sites for hydroxylation is 2. The Morgan fingerprint density at radius 3 is 1.84 bits per heavy atom. The predicted molar refractivity (Wildman–Crippen MR) is 183 cm³/mol. The molecule has 4 aromatic carbocycles. The highest BCUT2D eigenvalue weighted by Crippen LogP contribution is 2.36. The van der Waals surface area contributed by atoms with Crippen LogP contribution in [0.15, 0.2) is 134 Å². The highest BCUT2D eigenvalue weighted by atomic mass is 35.5. The summed E-state index contributed by atoms with van der Waals surface area (Å²) >= 11 is 6.54. The standard InChI is InChI=1S/C39H28ClN5/c1-25-19-26(2)43-39(42-25)34-17-16-33(40)22-35(34)29-12-7-13-30(21-29)37-23-36(27-9-4-3-5-10-27)44-38(45-37)31-14-6-11-28(20-31)32-15-8-18-41-24-32/h3-24H,1-2H3. The van der Waals surface area contributed by atoms with Gasteiger partial charge >= 0.3 is 0 Å². The van der Waals surface area contributed by atoms with Gasteiger partial charge in [-0.25, -0.2) is 19.9 Å². The maximum Gasteiger partial charge on any atom is 0.160 e. The quantitative estimate of drug-likeness (QED) is 0.190. The molecule has 5 nitrogen and oxygen atoms in total. The second-order valence-electron chi connectivity index (χ2n) is 10.9. The maximum atomic E-state index is 6.54. The molecule has 0 aliphatic carbocycles. The second-order valence-corrected chi connectivity index (χ2v) is 11.3. The van der Waals surface area contributed by atoms with Crippen molar-refractivity contribution in [2.24, 2.45) is 0 Å². The summed E-state index contributed by atoms with van der Waals surface area (Å²) in [5, 5.41) is 0.646. The van der Waals surface area contributed by atoms with Crippen molar-refractivity contribution in [2.75, 3.05) is 0 Å². The molecule has 216 valence electrons. The third-order valence-electron chi connectivity index (χ3n) is 7.59. The van der Waals surface area contributed by atoms with Gasteiger partial charge in [0.05, 0.1) is 11.4 Å². The van der Waals surface area contributed by atoms with E-state index in [1.165, 1.54) is 0 Å². The van der Waals surface area contributed by atoms with Crippen LogP contribution in [-0.2, 0) is 0 Å². The van der Waals surface area contributed by atoms with Crippen LogP contribution in [0.5, 0.6) is 0 Å². The van der Waals surface area contributed by atoms with E-state index in [1.807, 2.05) is 86.8 Å². The lowest BCUT2D eigenvalue weighted by atomic mass is 9.96. The second kappa shape index (κ2) is 12.2. The lowest BCUT2D eigenvalue weighted by molar-refractivity contribution is 1.06. The Labute approximate surface area is 267 Å². The van der Waals surface area contributed by atoms with Crippen LogP contribution in [0.1, 0.15) is 11.4 Å². The number of hydrogen-bond acceptors (Lipinski definition) is 5. The van der Waals surface area contributed by atoms with Gasteiger partial charge in [-0.3, -0.25) is 4.98 Å². The number of halogens is 1. The van der Waals surface area contributed by atoms with Crippen LogP contribution in [-0.4, -0.2) is 24.9 Å². The highest BCUT2D eigenvalue weighted by Gasteiger charge is 2.15. The average molecular weight is 602 g/mol. The number of benzene rings is 4. The van der Waals surface area contributed by atoms with Crippen LogP contribution in [0.4, 0.5) is 0 Å². The molecule has 0 atom stereocenters. The molecule has 0 spiro atoms. The zero-order valence-electron chi connectivity index (χ0n) is 24.8. The SMILES string of the molecule is Cc1cc(C)nc(-c2ccc(Cl)cc2-c2cccc(-c3cc(-c4ccccc4)nc(-c4cccc(-c5cccnc5)c4)n3)c2)n1. The van der Waals surface area contributed by atoms with Crippen LogP contribution in [0.3, 0.4) is 0 Å². The summed E-state index contributed by atoms with van der Waals surface area (Å²) in [6, 6.07) is 40.7. The molecule has 0 amide bonds. The molecular formula is C39H28ClN5. The molecule has 7 rings (SSSR count). The number of aromatic nitrogens is 5. The fourth-order valence-electron chi connectivity index (χ4n) is 5.50. The topological polar surface area (TPSA) is 64.5 Å². The van der Waals surface area contributed by atoms with Gasteiger partial charge in [-0.1, -0.05) is 84.4 Å². The van der Waals surface area contributed by atoms with Crippen molar-refractivity contribution in [2.45, 2.75) is 13.8 Å². The summed E-state index contributed by atoms with van der Waals surface area (Å²) < 4.78 is 0. The molecule has 0 aliphatic heterocycles. The van der Waals surface area contributed by atoms with Gasteiger partial charge in [0.2, 0.25) is 0 Å². The van der Waals surface area contributed by atoms with Crippen LogP contribution in [0, 0.1) is 13.8 Å². The summed E-state index contributed by atoms with van der Waals surface area (Å²) in [7, 11) is 0. The molecule has 0 saturated carbocycles. The van der Waals surface area contributed by atoms with E-state index in [0.29, 0.717) is 16.7 Å². The first kappa shape index (κ1) is 28.3. The van der Waals surface area contributed by atoms with Crippen molar-refractivity contribution >= 4 is 11.6 Å². The van der Waals surface area contributed by atoms with Crippen LogP contribution >= 0.6 is 11.6 Å². The third kappa shape index (κ3) is 6.12. The minimum absolute atomic E-state index is 0.646. The van der Waals surface area contributed by atoms with Crippen LogP contribution in [0.2, 0.25) is 5.02 Å². The average Bonchev–Trinajstić information content (AvgIpc) is 3.08. The molecule has 7 aromatic rings. The minimum atomic E-state index is 0.646. The third-order valence-corrected chi connectivity index (χ3v) is 7.82. The lowest BCUT2D eigenvalue weighted by Gasteiger charge is -2.13. The van der Waals surface area contributed by atoms with Crippen molar-refractivity contribution in [3.8, 4) is 67.5 Å². The van der Waals surface area contributed by atoms with Crippen LogP contribution < -0.4 is 0 Å². The van der Waals surface area contributed by atoms with Crippen molar-refractivity contribution in [3.63, 3.8) is 0 Å². The van der Waals surface area contributed by atoms with Crippen molar-refractivity contribution < 1.29 is 0 Å².